The van der Waals surface area contributed by atoms with E-state index in [4.69, 9.17) is 0 Å². The number of carbonyl (C=O) groups is 1. The van der Waals surface area contributed by atoms with Gasteiger partial charge < -0.3 is 0 Å². The number of aryl methyl sites for hydroxylation is 1. The van der Waals surface area contributed by atoms with E-state index in [1.54, 1.807) is 79.7 Å². The standard InChI is InChI=1S/C22H21NO3S/c1-17-13-15-21(16-14-17)27(25,26)23(20-11-7-4-8-12-20)18(2)22(24)19-9-5-3-6-10-19/h3-16,18H,1-2H3. The zero-order valence-electron chi connectivity index (χ0n) is 15.2. The van der Waals surface area contributed by atoms with Crippen LogP contribution in [0.5, 0.6) is 0 Å². The number of hydrogen-bond acceptors (Lipinski definition) is 3. The SMILES string of the molecule is Cc1ccc(S(=O)(=O)N(c2ccccc2)C(C)C(=O)c2ccccc2)cc1. The molecule has 3 aromatic carbocycles. The molecule has 0 saturated heterocycles. The summed E-state index contributed by atoms with van der Waals surface area (Å²) in [6.45, 7) is 3.51. The van der Waals surface area contributed by atoms with E-state index >= 15 is 0 Å². The quantitative estimate of drug-likeness (QED) is 0.594. The number of anilines is 1. The normalized spacial score (nSPS) is 12.4. The Balaban J connectivity index is 2.09. The number of hydrogen-bond donors (Lipinski definition) is 0. The van der Waals surface area contributed by atoms with Crippen molar-refractivity contribution in [2.75, 3.05) is 4.31 Å². The highest BCUT2D eigenvalue weighted by Gasteiger charge is 2.33. The van der Waals surface area contributed by atoms with Crippen LogP contribution in [0.15, 0.2) is 89.8 Å². The van der Waals surface area contributed by atoms with E-state index in [0.29, 0.717) is 11.3 Å². The lowest BCUT2D eigenvalue weighted by Gasteiger charge is -2.29. The van der Waals surface area contributed by atoms with E-state index in [1.165, 1.54) is 4.31 Å². The summed E-state index contributed by atoms with van der Waals surface area (Å²) < 4.78 is 28.0. The van der Waals surface area contributed by atoms with Gasteiger partial charge in [0.25, 0.3) is 10.0 Å². The molecule has 1 atom stereocenters. The van der Waals surface area contributed by atoms with Crippen LogP contribution in [0.25, 0.3) is 0 Å². The fourth-order valence-corrected chi connectivity index (χ4v) is 4.54. The molecule has 0 saturated carbocycles. The highest BCUT2D eigenvalue weighted by Crippen LogP contribution is 2.27. The minimum Gasteiger partial charge on any atom is -0.292 e. The van der Waals surface area contributed by atoms with Gasteiger partial charge in [-0.2, -0.15) is 0 Å². The molecule has 0 fully saturated rings. The smallest absolute Gasteiger partial charge is 0.264 e. The number of carbonyl (C=O) groups excluding carboxylic acids is 1. The molecule has 0 spiro atoms. The first-order valence-electron chi connectivity index (χ1n) is 8.66. The third kappa shape index (κ3) is 3.93. The number of nitrogens with zero attached hydrogens (tertiary/aromatic N) is 1. The first-order chi connectivity index (χ1) is 12.9. The molecule has 0 radical (unpaired) electrons. The third-order valence-electron chi connectivity index (χ3n) is 4.38. The minimum absolute atomic E-state index is 0.157. The maximum Gasteiger partial charge on any atom is 0.264 e. The topological polar surface area (TPSA) is 54.5 Å². The van der Waals surface area contributed by atoms with E-state index in [0.717, 1.165) is 5.56 Å². The first-order valence-corrected chi connectivity index (χ1v) is 10.1. The maximum atomic E-state index is 13.4. The van der Waals surface area contributed by atoms with Crippen LogP contribution in [0.4, 0.5) is 5.69 Å². The zero-order valence-corrected chi connectivity index (χ0v) is 16.1. The number of Topliss-reactive ketones (excluding diaryl/α,β-unsaturated/α-hetero) is 1. The van der Waals surface area contributed by atoms with E-state index < -0.39 is 16.1 Å². The third-order valence-corrected chi connectivity index (χ3v) is 6.29. The van der Waals surface area contributed by atoms with Crippen molar-refractivity contribution in [3.8, 4) is 0 Å². The van der Waals surface area contributed by atoms with Crippen molar-refractivity contribution < 1.29 is 13.2 Å². The number of para-hydroxylation sites is 1. The van der Waals surface area contributed by atoms with Gasteiger partial charge in [-0.1, -0.05) is 66.2 Å². The van der Waals surface area contributed by atoms with Crippen molar-refractivity contribution in [1.29, 1.82) is 0 Å². The van der Waals surface area contributed by atoms with Crippen molar-refractivity contribution in [3.05, 3.63) is 96.1 Å². The van der Waals surface area contributed by atoms with E-state index in [2.05, 4.69) is 0 Å². The second-order valence-corrected chi connectivity index (χ2v) is 8.17. The minimum atomic E-state index is -3.91. The molecule has 0 aliphatic rings. The Bertz CT molecular complexity index is 1010. The average molecular weight is 379 g/mol. The molecule has 0 bridgehead atoms. The molecule has 27 heavy (non-hydrogen) atoms. The average Bonchev–Trinajstić information content (AvgIpc) is 2.69. The molecule has 0 heterocycles. The van der Waals surface area contributed by atoms with Crippen molar-refractivity contribution in [2.45, 2.75) is 24.8 Å². The number of benzene rings is 3. The van der Waals surface area contributed by atoms with Gasteiger partial charge in [-0.25, -0.2) is 8.42 Å². The Morgan fingerprint density at radius 3 is 1.89 bits per heavy atom. The van der Waals surface area contributed by atoms with Crippen molar-refractivity contribution in [3.63, 3.8) is 0 Å². The lowest BCUT2D eigenvalue weighted by molar-refractivity contribution is 0.0969. The van der Waals surface area contributed by atoms with Crippen LogP contribution in [0.3, 0.4) is 0 Å². The van der Waals surface area contributed by atoms with Gasteiger partial charge in [-0.05, 0) is 38.1 Å². The van der Waals surface area contributed by atoms with Crippen LogP contribution in [0.1, 0.15) is 22.8 Å². The van der Waals surface area contributed by atoms with Crippen LogP contribution >= 0.6 is 0 Å². The Hall–Kier alpha value is -2.92. The molecule has 0 amide bonds. The Labute approximate surface area is 160 Å². The van der Waals surface area contributed by atoms with Crippen LogP contribution in [-0.4, -0.2) is 20.2 Å². The Morgan fingerprint density at radius 1 is 0.815 bits per heavy atom. The van der Waals surface area contributed by atoms with Gasteiger partial charge in [0, 0.05) is 5.56 Å². The maximum absolute atomic E-state index is 13.4. The number of rotatable bonds is 6. The summed E-state index contributed by atoms with van der Waals surface area (Å²) in [6.07, 6.45) is 0. The highest BCUT2D eigenvalue weighted by atomic mass is 32.2. The molecular weight excluding hydrogens is 358 g/mol. The molecule has 0 aromatic heterocycles. The fraction of sp³-hybridized carbons (Fsp3) is 0.136. The Morgan fingerprint density at radius 2 is 1.33 bits per heavy atom. The van der Waals surface area contributed by atoms with Gasteiger partial charge >= 0.3 is 0 Å². The number of ketones is 1. The van der Waals surface area contributed by atoms with Crippen LogP contribution < -0.4 is 4.31 Å². The molecule has 0 aliphatic heterocycles. The summed E-state index contributed by atoms with van der Waals surface area (Å²) in [4.78, 5) is 13.1. The summed E-state index contributed by atoms with van der Waals surface area (Å²) >= 11 is 0. The second kappa shape index (κ2) is 7.76. The molecule has 3 rings (SSSR count). The van der Waals surface area contributed by atoms with Crippen molar-refractivity contribution >= 4 is 21.5 Å². The monoisotopic (exact) mass is 379 g/mol. The molecule has 4 nitrogen and oxygen atoms in total. The zero-order chi connectivity index (χ0) is 19.4. The molecule has 1 unspecified atom stereocenters. The van der Waals surface area contributed by atoms with Crippen LogP contribution in [0.2, 0.25) is 0 Å². The summed E-state index contributed by atoms with van der Waals surface area (Å²) in [5, 5.41) is 0. The van der Waals surface area contributed by atoms with Crippen LogP contribution in [0, 0.1) is 6.92 Å². The second-order valence-electron chi connectivity index (χ2n) is 6.36. The van der Waals surface area contributed by atoms with E-state index in [9.17, 15) is 13.2 Å². The largest absolute Gasteiger partial charge is 0.292 e. The van der Waals surface area contributed by atoms with Gasteiger partial charge in [0.05, 0.1) is 10.6 Å². The van der Waals surface area contributed by atoms with Gasteiger partial charge in [0.2, 0.25) is 0 Å². The van der Waals surface area contributed by atoms with Crippen LogP contribution in [-0.2, 0) is 10.0 Å². The number of sulfonamides is 1. The summed E-state index contributed by atoms with van der Waals surface area (Å²) in [6, 6.07) is 23.2. The first kappa shape index (κ1) is 18.9. The fourth-order valence-electron chi connectivity index (χ4n) is 2.92. The molecular formula is C22H21NO3S. The molecule has 5 heteroatoms. The summed E-state index contributed by atoms with van der Waals surface area (Å²) in [7, 11) is -3.91. The highest BCUT2D eigenvalue weighted by molar-refractivity contribution is 7.93. The van der Waals surface area contributed by atoms with Gasteiger partial charge in [-0.3, -0.25) is 9.10 Å². The predicted molar refractivity (Wildman–Crippen MR) is 108 cm³/mol. The lowest BCUT2D eigenvalue weighted by Crippen LogP contribution is -2.43. The lowest BCUT2D eigenvalue weighted by atomic mass is 10.1. The van der Waals surface area contributed by atoms with Gasteiger partial charge in [0.1, 0.15) is 6.04 Å². The van der Waals surface area contributed by atoms with E-state index in [-0.39, 0.29) is 10.7 Å². The Kier molecular flexibility index (Phi) is 5.42. The van der Waals surface area contributed by atoms with Crippen molar-refractivity contribution in [1.82, 2.24) is 0 Å². The van der Waals surface area contributed by atoms with E-state index in [1.807, 2.05) is 19.1 Å². The molecule has 0 N–H and O–H groups in total. The molecule has 3 aromatic rings. The summed E-state index contributed by atoms with van der Waals surface area (Å²) in [5.74, 6) is -0.255. The molecule has 138 valence electrons. The predicted octanol–water partition coefficient (Wildman–Crippen LogP) is 4.46. The van der Waals surface area contributed by atoms with Gasteiger partial charge in [0.15, 0.2) is 5.78 Å². The van der Waals surface area contributed by atoms with Crippen molar-refractivity contribution in [2.24, 2.45) is 0 Å². The van der Waals surface area contributed by atoms with Gasteiger partial charge in [-0.15, -0.1) is 0 Å². The summed E-state index contributed by atoms with van der Waals surface area (Å²) in [5.41, 5.74) is 1.90. The molecule has 0 aliphatic carbocycles.